The molecule has 1 fully saturated rings. The van der Waals surface area contributed by atoms with E-state index in [0.717, 1.165) is 13.1 Å². The normalized spacial score (nSPS) is 20.4. The quantitative estimate of drug-likeness (QED) is 0.902. The number of benzene rings is 1. The van der Waals surface area contributed by atoms with Crippen molar-refractivity contribution in [3.63, 3.8) is 0 Å². The van der Waals surface area contributed by atoms with E-state index in [0.29, 0.717) is 12.6 Å². The van der Waals surface area contributed by atoms with Crippen molar-refractivity contribution in [2.24, 2.45) is 5.73 Å². The molecule has 1 aromatic carbocycles. The monoisotopic (exact) mass is 325 g/mol. The fraction of sp³-hybridized carbons (Fsp3) is 0.600. The van der Waals surface area contributed by atoms with Gasteiger partial charge in [-0.1, -0.05) is 28.1 Å². The molecule has 1 aromatic rings. The molecule has 0 radical (unpaired) electrons. The highest BCUT2D eigenvalue weighted by Gasteiger charge is 2.22. The minimum Gasteiger partial charge on any atom is -0.326 e. The summed E-state index contributed by atoms with van der Waals surface area (Å²) in [5.74, 6) is 0. The highest BCUT2D eigenvalue weighted by Crippen LogP contribution is 2.21. The number of likely N-dealkylation sites (N-methyl/N-ethyl adjacent to an activating group) is 2. The second kappa shape index (κ2) is 6.84. The molecule has 2 rings (SSSR count). The minimum absolute atomic E-state index is 0.599. The molecule has 0 saturated carbocycles. The van der Waals surface area contributed by atoms with Gasteiger partial charge in [-0.05, 0) is 50.7 Å². The van der Waals surface area contributed by atoms with Crippen LogP contribution in [0, 0.1) is 0 Å². The molecule has 0 spiro atoms. The van der Waals surface area contributed by atoms with Gasteiger partial charge in [0.25, 0.3) is 0 Å². The molecule has 19 heavy (non-hydrogen) atoms. The highest BCUT2D eigenvalue weighted by atomic mass is 79.9. The van der Waals surface area contributed by atoms with E-state index in [1.165, 1.54) is 35.0 Å². The van der Waals surface area contributed by atoms with Crippen molar-refractivity contribution in [2.45, 2.75) is 32.0 Å². The van der Waals surface area contributed by atoms with Gasteiger partial charge in [-0.15, -0.1) is 0 Å². The summed E-state index contributed by atoms with van der Waals surface area (Å²) < 4.78 is 1.17. The van der Waals surface area contributed by atoms with Gasteiger partial charge < -0.3 is 15.5 Å². The second-order valence-electron chi connectivity index (χ2n) is 5.60. The summed E-state index contributed by atoms with van der Waals surface area (Å²) in [6, 6.07) is 7.15. The van der Waals surface area contributed by atoms with Gasteiger partial charge in [-0.25, -0.2) is 0 Å². The largest absolute Gasteiger partial charge is 0.326 e. The van der Waals surface area contributed by atoms with E-state index in [9.17, 15) is 0 Å². The van der Waals surface area contributed by atoms with Gasteiger partial charge >= 0.3 is 0 Å². The third kappa shape index (κ3) is 4.02. The average molecular weight is 326 g/mol. The van der Waals surface area contributed by atoms with Gasteiger partial charge in [0.2, 0.25) is 0 Å². The zero-order valence-electron chi connectivity index (χ0n) is 11.9. The Morgan fingerprint density at radius 3 is 2.84 bits per heavy atom. The van der Waals surface area contributed by atoms with Crippen molar-refractivity contribution in [1.82, 2.24) is 9.80 Å². The third-order valence-electron chi connectivity index (χ3n) is 3.99. The molecule has 1 aliphatic heterocycles. The molecule has 1 atom stereocenters. The predicted octanol–water partition coefficient (Wildman–Crippen LogP) is 2.43. The zero-order chi connectivity index (χ0) is 13.8. The standard InChI is InChI=1S/C15H24BrN3/c1-18(11-14-4-3-7-19(14)2)10-13-6-5-12(9-17)8-15(13)16/h5-6,8,14H,3-4,7,9-11,17H2,1-2H3. The smallest absolute Gasteiger partial charge is 0.0242 e. The lowest BCUT2D eigenvalue weighted by molar-refractivity contribution is 0.215. The van der Waals surface area contributed by atoms with E-state index < -0.39 is 0 Å². The summed E-state index contributed by atoms with van der Waals surface area (Å²) in [7, 11) is 4.44. The van der Waals surface area contributed by atoms with Crippen LogP contribution in [0.4, 0.5) is 0 Å². The van der Waals surface area contributed by atoms with Crippen molar-refractivity contribution >= 4 is 15.9 Å². The van der Waals surface area contributed by atoms with Crippen LogP contribution >= 0.6 is 15.9 Å². The maximum atomic E-state index is 5.66. The first-order valence-electron chi connectivity index (χ1n) is 6.96. The van der Waals surface area contributed by atoms with Crippen molar-refractivity contribution < 1.29 is 0 Å². The number of hydrogen-bond acceptors (Lipinski definition) is 3. The first kappa shape index (κ1) is 15.0. The summed E-state index contributed by atoms with van der Waals surface area (Å²) in [6.07, 6.45) is 2.66. The number of halogens is 1. The Hall–Kier alpha value is -0.420. The molecule has 4 heteroatoms. The highest BCUT2D eigenvalue weighted by molar-refractivity contribution is 9.10. The number of hydrogen-bond donors (Lipinski definition) is 1. The van der Waals surface area contributed by atoms with Crippen molar-refractivity contribution in [2.75, 3.05) is 27.2 Å². The van der Waals surface area contributed by atoms with Crippen LogP contribution in [0.15, 0.2) is 22.7 Å². The molecule has 1 heterocycles. The molecule has 2 N–H and O–H groups in total. The predicted molar refractivity (Wildman–Crippen MR) is 84.0 cm³/mol. The van der Waals surface area contributed by atoms with E-state index in [2.05, 4.69) is 58.0 Å². The lowest BCUT2D eigenvalue weighted by Gasteiger charge is -2.26. The van der Waals surface area contributed by atoms with Crippen LogP contribution in [-0.4, -0.2) is 43.0 Å². The Kier molecular flexibility index (Phi) is 5.39. The van der Waals surface area contributed by atoms with Crippen LogP contribution in [0.3, 0.4) is 0 Å². The Labute approximate surface area is 124 Å². The molecular formula is C15H24BrN3. The van der Waals surface area contributed by atoms with E-state index in [4.69, 9.17) is 5.73 Å². The number of nitrogens with zero attached hydrogens (tertiary/aromatic N) is 2. The third-order valence-corrected chi connectivity index (χ3v) is 4.73. The zero-order valence-corrected chi connectivity index (χ0v) is 13.5. The van der Waals surface area contributed by atoms with Crippen LogP contribution in [-0.2, 0) is 13.1 Å². The van der Waals surface area contributed by atoms with Crippen molar-refractivity contribution in [1.29, 1.82) is 0 Å². The maximum Gasteiger partial charge on any atom is 0.0242 e. The van der Waals surface area contributed by atoms with Crippen LogP contribution in [0.5, 0.6) is 0 Å². The maximum absolute atomic E-state index is 5.66. The number of rotatable bonds is 5. The van der Waals surface area contributed by atoms with Crippen molar-refractivity contribution in [3.05, 3.63) is 33.8 Å². The lowest BCUT2D eigenvalue weighted by Crippen LogP contribution is -2.36. The van der Waals surface area contributed by atoms with Crippen LogP contribution in [0.2, 0.25) is 0 Å². The molecular weight excluding hydrogens is 302 g/mol. The van der Waals surface area contributed by atoms with Crippen LogP contribution < -0.4 is 5.73 Å². The molecule has 0 bridgehead atoms. The van der Waals surface area contributed by atoms with Gasteiger partial charge in [0.05, 0.1) is 0 Å². The van der Waals surface area contributed by atoms with Crippen LogP contribution in [0.25, 0.3) is 0 Å². The van der Waals surface area contributed by atoms with Gasteiger partial charge in [0, 0.05) is 30.1 Å². The fourth-order valence-corrected chi connectivity index (χ4v) is 3.32. The molecule has 1 saturated heterocycles. The van der Waals surface area contributed by atoms with E-state index in [1.54, 1.807) is 0 Å². The summed E-state index contributed by atoms with van der Waals surface area (Å²) in [5.41, 5.74) is 8.17. The fourth-order valence-electron chi connectivity index (χ4n) is 2.77. The Morgan fingerprint density at radius 1 is 1.47 bits per heavy atom. The van der Waals surface area contributed by atoms with Gasteiger partial charge in [-0.3, -0.25) is 0 Å². The molecule has 0 aromatic heterocycles. The molecule has 1 unspecified atom stereocenters. The molecule has 106 valence electrons. The minimum atomic E-state index is 0.599. The molecule has 0 aliphatic carbocycles. The van der Waals surface area contributed by atoms with E-state index in [1.807, 2.05) is 0 Å². The Balaban J connectivity index is 1.93. The summed E-state index contributed by atoms with van der Waals surface area (Å²) in [6.45, 7) is 3.96. The molecule has 0 amide bonds. The second-order valence-corrected chi connectivity index (χ2v) is 6.46. The van der Waals surface area contributed by atoms with Crippen molar-refractivity contribution in [3.8, 4) is 0 Å². The van der Waals surface area contributed by atoms with Crippen LogP contribution in [0.1, 0.15) is 24.0 Å². The van der Waals surface area contributed by atoms with Gasteiger partial charge in [0.1, 0.15) is 0 Å². The van der Waals surface area contributed by atoms with Gasteiger partial charge in [-0.2, -0.15) is 0 Å². The first-order valence-corrected chi connectivity index (χ1v) is 7.75. The van der Waals surface area contributed by atoms with Gasteiger partial charge in [0.15, 0.2) is 0 Å². The number of likely N-dealkylation sites (tertiary alicyclic amines) is 1. The first-order chi connectivity index (χ1) is 9.10. The summed E-state index contributed by atoms with van der Waals surface area (Å²) >= 11 is 3.65. The SMILES string of the molecule is CN(Cc1ccc(CN)cc1Br)CC1CCCN1C. The van der Waals surface area contributed by atoms with E-state index in [-0.39, 0.29) is 0 Å². The summed E-state index contributed by atoms with van der Waals surface area (Å²) in [5, 5.41) is 0. The average Bonchev–Trinajstić information content (AvgIpc) is 2.77. The van der Waals surface area contributed by atoms with E-state index >= 15 is 0 Å². The Morgan fingerprint density at radius 2 is 2.26 bits per heavy atom. The number of nitrogens with two attached hydrogens (primary N) is 1. The lowest BCUT2D eigenvalue weighted by atomic mass is 10.1. The summed E-state index contributed by atoms with van der Waals surface area (Å²) in [4.78, 5) is 4.89. The molecule has 3 nitrogen and oxygen atoms in total. The topological polar surface area (TPSA) is 32.5 Å². The molecule has 1 aliphatic rings. The Bertz CT molecular complexity index is 422.